The monoisotopic (exact) mass is 328 g/mol. The normalized spacial score (nSPS) is 20.2. The summed E-state index contributed by atoms with van der Waals surface area (Å²) < 4.78 is 13.5. The highest BCUT2D eigenvalue weighted by Crippen LogP contribution is 2.38. The van der Waals surface area contributed by atoms with Crippen molar-refractivity contribution in [3.05, 3.63) is 65.2 Å². The van der Waals surface area contributed by atoms with Crippen molar-refractivity contribution in [2.24, 2.45) is 5.92 Å². The van der Waals surface area contributed by atoms with Crippen LogP contribution < -0.4 is 0 Å². The number of carbonyl (C=O) groups is 2. The molecule has 1 aromatic heterocycles. The van der Waals surface area contributed by atoms with Gasteiger partial charge in [-0.15, -0.1) is 0 Å². The van der Waals surface area contributed by atoms with Gasteiger partial charge in [-0.2, -0.15) is 0 Å². The maximum Gasteiger partial charge on any atom is 0.354 e. The molecule has 1 aliphatic heterocycles. The zero-order valence-corrected chi connectivity index (χ0v) is 13.1. The molecule has 0 spiro atoms. The second-order valence-corrected chi connectivity index (χ2v) is 6.00. The zero-order chi connectivity index (χ0) is 17.3. The van der Waals surface area contributed by atoms with Gasteiger partial charge < -0.3 is 10.0 Å². The summed E-state index contributed by atoms with van der Waals surface area (Å²) in [6.07, 6.45) is 2.10. The number of aromatic carboxylic acids is 1. The number of pyridine rings is 1. The molecule has 0 radical (unpaired) electrons. The molecule has 1 N–H and O–H groups in total. The topological polar surface area (TPSA) is 70.5 Å². The number of nitrogens with zero attached hydrogens (tertiary/aromatic N) is 2. The molecule has 3 rings (SSSR count). The first-order valence-electron chi connectivity index (χ1n) is 7.73. The van der Waals surface area contributed by atoms with Gasteiger partial charge >= 0.3 is 5.97 Å². The molecule has 1 aliphatic rings. The largest absolute Gasteiger partial charge is 0.477 e. The van der Waals surface area contributed by atoms with Crippen molar-refractivity contribution in [1.29, 1.82) is 0 Å². The maximum atomic E-state index is 13.5. The molecule has 124 valence electrons. The van der Waals surface area contributed by atoms with Crippen LogP contribution in [0.25, 0.3) is 0 Å². The summed E-state index contributed by atoms with van der Waals surface area (Å²) in [6, 6.07) is 8.87. The van der Waals surface area contributed by atoms with E-state index in [0.29, 0.717) is 12.1 Å². The lowest BCUT2D eigenvalue weighted by atomic mass is 9.95. The summed E-state index contributed by atoms with van der Waals surface area (Å²) in [5.41, 5.74) is 0.988. The number of carboxylic acids is 1. The van der Waals surface area contributed by atoms with E-state index in [0.717, 1.165) is 12.0 Å². The van der Waals surface area contributed by atoms with Gasteiger partial charge in [0.1, 0.15) is 11.5 Å². The van der Waals surface area contributed by atoms with Gasteiger partial charge in [0.05, 0.1) is 11.6 Å². The van der Waals surface area contributed by atoms with E-state index in [1.807, 2.05) is 13.0 Å². The second-order valence-electron chi connectivity index (χ2n) is 6.00. The van der Waals surface area contributed by atoms with Crippen LogP contribution in [-0.4, -0.2) is 33.4 Å². The lowest BCUT2D eigenvalue weighted by Gasteiger charge is -2.27. The van der Waals surface area contributed by atoms with Crippen molar-refractivity contribution in [3.63, 3.8) is 0 Å². The van der Waals surface area contributed by atoms with E-state index >= 15 is 0 Å². The van der Waals surface area contributed by atoms with E-state index in [1.165, 1.54) is 30.5 Å². The van der Waals surface area contributed by atoms with Crippen LogP contribution in [-0.2, 0) is 0 Å². The van der Waals surface area contributed by atoms with Crippen LogP contribution in [0.1, 0.15) is 45.8 Å². The molecule has 1 aromatic carbocycles. The fourth-order valence-electron chi connectivity index (χ4n) is 3.19. The Morgan fingerprint density at radius 1 is 1.29 bits per heavy atom. The summed E-state index contributed by atoms with van der Waals surface area (Å²) in [4.78, 5) is 29.1. The number of carbonyl (C=O) groups excluding carboxylic acids is 1. The van der Waals surface area contributed by atoms with Gasteiger partial charge in [0.2, 0.25) is 0 Å². The highest BCUT2D eigenvalue weighted by atomic mass is 19.1. The SMILES string of the molecule is C[C@H]1CCN(C(=O)c2ccc(C(=O)O)nc2)[C@H]1c1cccc(F)c1. The molecule has 0 unspecified atom stereocenters. The first kappa shape index (κ1) is 16.1. The summed E-state index contributed by atoms with van der Waals surface area (Å²) in [7, 11) is 0. The quantitative estimate of drug-likeness (QED) is 0.939. The Morgan fingerprint density at radius 2 is 2.08 bits per heavy atom. The van der Waals surface area contributed by atoms with Crippen LogP contribution in [0, 0.1) is 11.7 Å². The number of amides is 1. The fourth-order valence-corrected chi connectivity index (χ4v) is 3.19. The number of halogens is 1. The zero-order valence-electron chi connectivity index (χ0n) is 13.1. The van der Waals surface area contributed by atoms with Crippen LogP contribution in [0.5, 0.6) is 0 Å². The maximum absolute atomic E-state index is 13.5. The van der Waals surface area contributed by atoms with E-state index in [1.54, 1.807) is 11.0 Å². The fraction of sp³-hybridized carbons (Fsp3) is 0.278. The molecule has 6 heteroatoms. The molecular weight excluding hydrogens is 311 g/mol. The minimum absolute atomic E-state index is 0.108. The average Bonchev–Trinajstić information content (AvgIpc) is 2.96. The van der Waals surface area contributed by atoms with Crippen LogP contribution in [0.4, 0.5) is 4.39 Å². The summed E-state index contributed by atoms with van der Waals surface area (Å²) >= 11 is 0. The Morgan fingerprint density at radius 3 is 2.71 bits per heavy atom. The van der Waals surface area contributed by atoms with Gasteiger partial charge in [-0.1, -0.05) is 19.1 Å². The van der Waals surface area contributed by atoms with Crippen molar-refractivity contribution in [3.8, 4) is 0 Å². The molecular formula is C18H17FN2O3. The molecule has 5 nitrogen and oxygen atoms in total. The lowest BCUT2D eigenvalue weighted by Crippen LogP contribution is -2.32. The van der Waals surface area contributed by atoms with Gasteiger partial charge in [-0.05, 0) is 42.2 Å². The van der Waals surface area contributed by atoms with Gasteiger partial charge in [0.15, 0.2) is 0 Å². The van der Waals surface area contributed by atoms with Crippen LogP contribution in [0.15, 0.2) is 42.6 Å². The molecule has 1 fully saturated rings. The molecule has 1 amide bonds. The predicted octanol–water partition coefficient (Wildman–Crippen LogP) is 3.14. The van der Waals surface area contributed by atoms with E-state index in [-0.39, 0.29) is 29.4 Å². The molecule has 2 aromatic rings. The molecule has 0 bridgehead atoms. The summed E-state index contributed by atoms with van der Waals surface area (Å²) in [6.45, 7) is 2.61. The Bertz CT molecular complexity index is 776. The minimum atomic E-state index is -1.14. The highest BCUT2D eigenvalue weighted by molar-refractivity contribution is 5.95. The average molecular weight is 328 g/mol. The van der Waals surface area contributed by atoms with Crippen molar-refractivity contribution in [2.45, 2.75) is 19.4 Å². The molecule has 24 heavy (non-hydrogen) atoms. The molecule has 2 atom stereocenters. The lowest BCUT2D eigenvalue weighted by molar-refractivity contribution is 0.0684. The molecule has 2 heterocycles. The third kappa shape index (κ3) is 2.99. The van der Waals surface area contributed by atoms with Gasteiger partial charge in [-0.3, -0.25) is 4.79 Å². The Kier molecular flexibility index (Phi) is 4.29. The highest BCUT2D eigenvalue weighted by Gasteiger charge is 2.36. The second kappa shape index (κ2) is 6.39. The Hall–Kier alpha value is -2.76. The molecule has 0 saturated carbocycles. The molecule has 0 aliphatic carbocycles. The number of rotatable bonds is 3. The van der Waals surface area contributed by atoms with E-state index in [4.69, 9.17) is 5.11 Å². The van der Waals surface area contributed by atoms with Crippen LogP contribution in [0.2, 0.25) is 0 Å². The number of hydrogen-bond acceptors (Lipinski definition) is 3. The first-order valence-corrected chi connectivity index (χ1v) is 7.73. The van der Waals surface area contributed by atoms with Crippen LogP contribution >= 0.6 is 0 Å². The van der Waals surface area contributed by atoms with Gasteiger partial charge in [-0.25, -0.2) is 14.2 Å². The minimum Gasteiger partial charge on any atom is -0.477 e. The standard InChI is InChI=1S/C18H17FN2O3/c1-11-7-8-21(16(11)12-3-2-4-14(19)9-12)17(22)13-5-6-15(18(23)24)20-10-13/h2-6,9-11,16H,7-8H2,1H3,(H,23,24)/t11-,16+/m0/s1. The van der Waals surface area contributed by atoms with Crippen molar-refractivity contribution < 1.29 is 19.1 Å². The molecule has 1 saturated heterocycles. The van der Waals surface area contributed by atoms with E-state index in [2.05, 4.69) is 4.98 Å². The number of aromatic nitrogens is 1. The number of carboxylic acid groups (broad SMARTS) is 1. The smallest absolute Gasteiger partial charge is 0.354 e. The third-order valence-corrected chi connectivity index (χ3v) is 4.38. The Labute approximate surface area is 138 Å². The number of hydrogen-bond donors (Lipinski definition) is 1. The summed E-state index contributed by atoms with van der Waals surface area (Å²) in [5.74, 6) is -1.48. The Balaban J connectivity index is 1.89. The van der Waals surface area contributed by atoms with Crippen molar-refractivity contribution >= 4 is 11.9 Å². The van der Waals surface area contributed by atoms with Crippen molar-refractivity contribution in [2.75, 3.05) is 6.54 Å². The predicted molar refractivity (Wildman–Crippen MR) is 85.2 cm³/mol. The van der Waals surface area contributed by atoms with Crippen molar-refractivity contribution in [1.82, 2.24) is 9.88 Å². The van der Waals surface area contributed by atoms with E-state index < -0.39 is 5.97 Å². The summed E-state index contributed by atoms with van der Waals surface area (Å²) in [5, 5.41) is 8.88. The van der Waals surface area contributed by atoms with Gasteiger partial charge in [0, 0.05) is 12.7 Å². The third-order valence-electron chi connectivity index (χ3n) is 4.38. The number of benzene rings is 1. The van der Waals surface area contributed by atoms with Crippen LogP contribution in [0.3, 0.4) is 0 Å². The number of likely N-dealkylation sites (tertiary alicyclic amines) is 1. The van der Waals surface area contributed by atoms with Gasteiger partial charge in [0.25, 0.3) is 5.91 Å². The first-order chi connectivity index (χ1) is 11.5. The van der Waals surface area contributed by atoms with E-state index in [9.17, 15) is 14.0 Å².